The smallest absolute Gasteiger partial charge is 0.241 e. The highest BCUT2D eigenvalue weighted by molar-refractivity contribution is 7.98. The highest BCUT2D eigenvalue weighted by Gasteiger charge is 2.12. The van der Waals surface area contributed by atoms with E-state index in [0.29, 0.717) is 17.7 Å². The van der Waals surface area contributed by atoms with Crippen LogP contribution in [0.25, 0.3) is 0 Å². The largest absolute Gasteiger partial charge is 0.325 e. The maximum atomic E-state index is 11.7. The van der Waals surface area contributed by atoms with Crippen molar-refractivity contribution >= 4 is 29.1 Å². The van der Waals surface area contributed by atoms with E-state index < -0.39 is 6.04 Å². The van der Waals surface area contributed by atoms with Crippen molar-refractivity contribution in [2.75, 3.05) is 17.3 Å². The van der Waals surface area contributed by atoms with Crippen LogP contribution < -0.4 is 11.1 Å². The molecule has 1 atom stereocenters. The van der Waals surface area contributed by atoms with Gasteiger partial charge < -0.3 is 11.1 Å². The lowest BCUT2D eigenvalue weighted by Gasteiger charge is -2.11. The van der Waals surface area contributed by atoms with Crippen LogP contribution >= 0.6 is 11.8 Å². The van der Waals surface area contributed by atoms with E-state index in [-0.39, 0.29) is 11.7 Å². The number of thioether (sulfide) groups is 1. The Hall–Kier alpha value is -1.33. The molecule has 0 aromatic heterocycles. The van der Waals surface area contributed by atoms with Crippen LogP contribution in [0.1, 0.15) is 23.7 Å². The lowest BCUT2D eigenvalue weighted by atomic mass is 10.1. The molecule has 1 amide bonds. The van der Waals surface area contributed by atoms with Gasteiger partial charge in [-0.15, -0.1) is 0 Å². The summed E-state index contributed by atoms with van der Waals surface area (Å²) in [6.07, 6.45) is 2.63. The fourth-order valence-electron chi connectivity index (χ4n) is 1.40. The Morgan fingerprint density at radius 1 is 1.33 bits per heavy atom. The summed E-state index contributed by atoms with van der Waals surface area (Å²) in [5.41, 5.74) is 7.03. The number of nitrogens with two attached hydrogens (primary N) is 1. The Labute approximate surface area is 111 Å². The molecule has 5 heteroatoms. The average Bonchev–Trinajstić information content (AvgIpc) is 2.36. The molecule has 18 heavy (non-hydrogen) atoms. The summed E-state index contributed by atoms with van der Waals surface area (Å²) in [6.45, 7) is 1.51. The molecule has 0 radical (unpaired) electrons. The van der Waals surface area contributed by atoms with Crippen molar-refractivity contribution < 1.29 is 9.59 Å². The predicted octanol–water partition coefficient (Wildman–Crippen LogP) is 1.91. The second-order valence-corrected chi connectivity index (χ2v) is 5.00. The van der Waals surface area contributed by atoms with Crippen molar-refractivity contribution in [3.63, 3.8) is 0 Å². The number of nitrogens with one attached hydrogen (secondary N) is 1. The van der Waals surface area contributed by atoms with E-state index in [1.807, 2.05) is 6.26 Å². The first kappa shape index (κ1) is 14.7. The summed E-state index contributed by atoms with van der Waals surface area (Å²) in [4.78, 5) is 22.8. The van der Waals surface area contributed by atoms with Gasteiger partial charge in [0, 0.05) is 11.3 Å². The summed E-state index contributed by atoms with van der Waals surface area (Å²) in [5, 5.41) is 2.73. The van der Waals surface area contributed by atoms with Gasteiger partial charge in [0.25, 0.3) is 0 Å². The first-order valence-corrected chi connectivity index (χ1v) is 7.10. The third-order valence-corrected chi connectivity index (χ3v) is 3.17. The molecule has 0 spiro atoms. The van der Waals surface area contributed by atoms with Gasteiger partial charge in [-0.05, 0) is 49.6 Å². The van der Waals surface area contributed by atoms with E-state index in [9.17, 15) is 9.59 Å². The van der Waals surface area contributed by atoms with Crippen LogP contribution in [0, 0.1) is 0 Å². The Morgan fingerprint density at radius 2 is 1.94 bits per heavy atom. The second-order valence-electron chi connectivity index (χ2n) is 4.01. The number of carbonyl (C=O) groups excluding carboxylic acids is 2. The van der Waals surface area contributed by atoms with Crippen LogP contribution in [0.3, 0.4) is 0 Å². The number of Topliss-reactive ketones (excluding diaryl/α,β-unsaturated/α-hetero) is 1. The maximum absolute atomic E-state index is 11.7. The van der Waals surface area contributed by atoms with Crippen LogP contribution in [0.2, 0.25) is 0 Å². The first-order chi connectivity index (χ1) is 8.54. The molecule has 0 aliphatic rings. The number of rotatable bonds is 6. The average molecular weight is 266 g/mol. The van der Waals surface area contributed by atoms with E-state index in [1.165, 1.54) is 6.92 Å². The molecule has 0 heterocycles. The van der Waals surface area contributed by atoms with Crippen LogP contribution in [0.4, 0.5) is 5.69 Å². The highest BCUT2D eigenvalue weighted by Crippen LogP contribution is 2.11. The summed E-state index contributed by atoms with van der Waals surface area (Å²) in [7, 11) is 0. The second kappa shape index (κ2) is 7.18. The minimum absolute atomic E-state index is 0.00421. The third-order valence-electron chi connectivity index (χ3n) is 2.53. The monoisotopic (exact) mass is 266 g/mol. The van der Waals surface area contributed by atoms with Gasteiger partial charge >= 0.3 is 0 Å². The number of benzene rings is 1. The SMILES string of the molecule is CSCC[C@@H](N)C(=O)Nc1ccc(C(C)=O)cc1. The molecule has 0 aliphatic heterocycles. The number of carbonyl (C=O) groups is 2. The van der Waals surface area contributed by atoms with Crippen molar-refractivity contribution in [3.8, 4) is 0 Å². The standard InChI is InChI=1S/C13H18N2O2S/c1-9(16)10-3-5-11(6-4-10)15-13(17)12(14)7-8-18-2/h3-6,12H,7-8,14H2,1-2H3,(H,15,17)/t12-/m1/s1. The number of ketones is 1. The van der Waals surface area contributed by atoms with E-state index in [2.05, 4.69) is 5.32 Å². The van der Waals surface area contributed by atoms with Crippen molar-refractivity contribution in [3.05, 3.63) is 29.8 Å². The van der Waals surface area contributed by atoms with Crippen LogP contribution in [0.5, 0.6) is 0 Å². The van der Waals surface area contributed by atoms with Crippen LogP contribution in [-0.4, -0.2) is 29.7 Å². The molecule has 1 aromatic carbocycles. The van der Waals surface area contributed by atoms with Gasteiger partial charge in [-0.1, -0.05) is 0 Å². The van der Waals surface area contributed by atoms with Gasteiger partial charge in [-0.25, -0.2) is 0 Å². The molecule has 3 N–H and O–H groups in total. The van der Waals surface area contributed by atoms with Crippen LogP contribution in [-0.2, 0) is 4.79 Å². The van der Waals surface area contributed by atoms with E-state index >= 15 is 0 Å². The minimum Gasteiger partial charge on any atom is -0.325 e. The van der Waals surface area contributed by atoms with E-state index in [1.54, 1.807) is 36.0 Å². The Balaban J connectivity index is 2.56. The topological polar surface area (TPSA) is 72.2 Å². The van der Waals surface area contributed by atoms with Gasteiger partial charge in [0.2, 0.25) is 5.91 Å². The molecule has 1 aromatic rings. The number of anilines is 1. The highest BCUT2D eigenvalue weighted by atomic mass is 32.2. The fraction of sp³-hybridized carbons (Fsp3) is 0.385. The fourth-order valence-corrected chi connectivity index (χ4v) is 1.89. The lowest BCUT2D eigenvalue weighted by molar-refractivity contribution is -0.117. The molecule has 0 fully saturated rings. The predicted molar refractivity (Wildman–Crippen MR) is 76.1 cm³/mol. The van der Waals surface area contributed by atoms with Gasteiger partial charge in [0.15, 0.2) is 5.78 Å². The van der Waals surface area contributed by atoms with Crippen molar-refractivity contribution in [1.29, 1.82) is 0 Å². The first-order valence-electron chi connectivity index (χ1n) is 5.71. The molecule has 4 nitrogen and oxygen atoms in total. The van der Waals surface area contributed by atoms with E-state index in [4.69, 9.17) is 5.73 Å². The van der Waals surface area contributed by atoms with Gasteiger partial charge in [0.1, 0.15) is 0 Å². The van der Waals surface area contributed by atoms with Gasteiger partial charge in [0.05, 0.1) is 6.04 Å². The summed E-state index contributed by atoms with van der Waals surface area (Å²) in [5.74, 6) is 0.668. The van der Waals surface area contributed by atoms with Gasteiger partial charge in [-0.3, -0.25) is 9.59 Å². The Kier molecular flexibility index (Phi) is 5.88. The normalized spacial score (nSPS) is 11.9. The number of hydrogen-bond acceptors (Lipinski definition) is 4. The Bertz CT molecular complexity index is 418. The van der Waals surface area contributed by atoms with Crippen LogP contribution in [0.15, 0.2) is 24.3 Å². The van der Waals surface area contributed by atoms with Gasteiger partial charge in [-0.2, -0.15) is 11.8 Å². The molecule has 0 bridgehead atoms. The summed E-state index contributed by atoms with van der Waals surface area (Å²) < 4.78 is 0. The zero-order valence-electron chi connectivity index (χ0n) is 10.6. The van der Waals surface area contributed by atoms with Crippen molar-refractivity contribution in [2.45, 2.75) is 19.4 Å². The quantitative estimate of drug-likeness (QED) is 0.771. The third kappa shape index (κ3) is 4.50. The minimum atomic E-state index is -0.495. The molecular formula is C13H18N2O2S. The lowest BCUT2D eigenvalue weighted by Crippen LogP contribution is -2.36. The van der Waals surface area contributed by atoms with Crippen molar-refractivity contribution in [2.24, 2.45) is 5.73 Å². The molecule has 1 rings (SSSR count). The maximum Gasteiger partial charge on any atom is 0.241 e. The number of amides is 1. The summed E-state index contributed by atoms with van der Waals surface area (Å²) in [6, 6.07) is 6.28. The summed E-state index contributed by atoms with van der Waals surface area (Å²) >= 11 is 1.66. The number of hydrogen-bond donors (Lipinski definition) is 2. The zero-order valence-corrected chi connectivity index (χ0v) is 11.4. The molecule has 98 valence electrons. The molecule has 0 unspecified atom stereocenters. The van der Waals surface area contributed by atoms with Crippen molar-refractivity contribution in [1.82, 2.24) is 0 Å². The molecular weight excluding hydrogens is 248 g/mol. The molecule has 0 saturated carbocycles. The van der Waals surface area contributed by atoms with E-state index in [0.717, 1.165) is 5.75 Å². The Morgan fingerprint density at radius 3 is 2.44 bits per heavy atom. The molecule has 0 saturated heterocycles. The molecule has 0 aliphatic carbocycles. The zero-order chi connectivity index (χ0) is 13.5.